The Kier molecular flexibility index (Phi) is 11.9. The molecule has 0 fully saturated rings. The molecule has 1 atom stereocenters. The van der Waals surface area contributed by atoms with E-state index in [4.69, 9.17) is 32.7 Å². The number of benzene rings is 3. The van der Waals surface area contributed by atoms with Gasteiger partial charge in [0.1, 0.15) is 12.6 Å². The highest BCUT2D eigenvalue weighted by molar-refractivity contribution is 7.92. The van der Waals surface area contributed by atoms with Crippen LogP contribution in [0.15, 0.2) is 71.6 Å². The Morgan fingerprint density at radius 2 is 1.64 bits per heavy atom. The normalized spacial score (nSPS) is 11.9. The zero-order valence-electron chi connectivity index (χ0n) is 24.0. The van der Waals surface area contributed by atoms with Gasteiger partial charge in [0.15, 0.2) is 11.5 Å². The van der Waals surface area contributed by atoms with Gasteiger partial charge in [-0.05, 0) is 55.3 Å². The van der Waals surface area contributed by atoms with Gasteiger partial charge in [-0.3, -0.25) is 13.9 Å². The Labute approximate surface area is 257 Å². The Morgan fingerprint density at radius 1 is 0.952 bits per heavy atom. The zero-order valence-corrected chi connectivity index (χ0v) is 26.3. The number of ether oxygens (including phenoxy) is 2. The van der Waals surface area contributed by atoms with Crippen molar-refractivity contribution in [2.45, 2.75) is 44.2 Å². The number of para-hydroxylation sites is 1. The van der Waals surface area contributed by atoms with Crippen molar-refractivity contribution in [3.05, 3.63) is 82.3 Å². The lowest BCUT2D eigenvalue weighted by Gasteiger charge is -2.32. The van der Waals surface area contributed by atoms with Crippen LogP contribution in [0, 0.1) is 0 Å². The van der Waals surface area contributed by atoms with Crippen molar-refractivity contribution >= 4 is 50.7 Å². The molecule has 9 nitrogen and oxygen atoms in total. The predicted molar refractivity (Wildman–Crippen MR) is 165 cm³/mol. The summed E-state index contributed by atoms with van der Waals surface area (Å²) < 4.78 is 39.6. The van der Waals surface area contributed by atoms with Crippen LogP contribution < -0.4 is 19.1 Å². The molecule has 0 heterocycles. The summed E-state index contributed by atoms with van der Waals surface area (Å²) in [7, 11) is -1.44. The van der Waals surface area contributed by atoms with Crippen LogP contribution in [0.2, 0.25) is 10.0 Å². The van der Waals surface area contributed by atoms with E-state index < -0.39 is 28.5 Å². The lowest BCUT2D eigenvalue weighted by Crippen LogP contribution is -2.51. The van der Waals surface area contributed by atoms with Crippen LogP contribution in [-0.4, -0.2) is 58.5 Å². The number of hydrogen-bond donors (Lipinski definition) is 1. The summed E-state index contributed by atoms with van der Waals surface area (Å²) in [5, 5.41) is 3.58. The van der Waals surface area contributed by atoms with Crippen LogP contribution in [0.1, 0.15) is 32.3 Å². The molecule has 1 N–H and O–H groups in total. The first-order valence-electron chi connectivity index (χ1n) is 13.3. The van der Waals surface area contributed by atoms with Crippen molar-refractivity contribution in [3.8, 4) is 11.5 Å². The number of halogens is 2. The molecule has 0 aliphatic carbocycles. The molecule has 0 saturated heterocycles. The molecule has 3 aromatic rings. The van der Waals surface area contributed by atoms with Crippen molar-refractivity contribution in [2.24, 2.45) is 0 Å². The van der Waals surface area contributed by atoms with E-state index in [1.54, 1.807) is 55.5 Å². The van der Waals surface area contributed by atoms with E-state index in [9.17, 15) is 18.0 Å². The Morgan fingerprint density at radius 3 is 2.26 bits per heavy atom. The van der Waals surface area contributed by atoms with E-state index in [2.05, 4.69) is 5.32 Å². The summed E-state index contributed by atoms with van der Waals surface area (Å²) in [6.45, 7) is 3.42. The molecular formula is C30H35Cl2N3O6S. The maximum atomic E-state index is 14.0. The van der Waals surface area contributed by atoms with Gasteiger partial charge in [-0.25, -0.2) is 8.42 Å². The van der Waals surface area contributed by atoms with Gasteiger partial charge < -0.3 is 19.7 Å². The predicted octanol–water partition coefficient (Wildman–Crippen LogP) is 5.54. The lowest BCUT2D eigenvalue weighted by atomic mass is 10.1. The number of hydrogen-bond acceptors (Lipinski definition) is 6. The number of methoxy groups -OCH3 is 2. The number of sulfonamides is 1. The molecular weight excluding hydrogens is 601 g/mol. The fourth-order valence-electron chi connectivity index (χ4n) is 4.18. The second kappa shape index (κ2) is 15.1. The van der Waals surface area contributed by atoms with Crippen LogP contribution in [-0.2, 0) is 26.2 Å². The Bertz CT molecular complexity index is 1490. The zero-order chi connectivity index (χ0) is 30.9. The van der Waals surface area contributed by atoms with Crippen molar-refractivity contribution in [1.29, 1.82) is 0 Å². The third-order valence-electron chi connectivity index (χ3n) is 6.62. The first-order valence-corrected chi connectivity index (χ1v) is 15.5. The minimum atomic E-state index is -4.28. The second-order valence-electron chi connectivity index (χ2n) is 9.44. The lowest BCUT2D eigenvalue weighted by molar-refractivity contribution is -0.139. The average Bonchev–Trinajstić information content (AvgIpc) is 2.99. The van der Waals surface area contributed by atoms with Gasteiger partial charge in [-0.2, -0.15) is 0 Å². The SMILES string of the molecule is CCCCNC(=O)[C@H](C)N(Cc1ccc(Cl)cc1Cl)C(=O)CN(c1ccccc1)S(=O)(=O)c1ccc(OC)c(OC)c1. The maximum absolute atomic E-state index is 14.0. The molecule has 0 bridgehead atoms. The smallest absolute Gasteiger partial charge is 0.264 e. The standard InChI is InChI=1S/C30H35Cl2N3O6S/c1-5-6-16-33-30(37)21(2)34(19-22-12-13-23(31)17-26(22)32)29(36)20-35(24-10-8-7-9-11-24)42(38,39)25-14-15-27(40-3)28(18-25)41-4/h7-15,17-18,21H,5-6,16,19-20H2,1-4H3,(H,33,37)/t21-/m0/s1. The van der Waals surface area contributed by atoms with Crippen molar-refractivity contribution in [1.82, 2.24) is 10.2 Å². The van der Waals surface area contributed by atoms with Gasteiger partial charge >= 0.3 is 0 Å². The quantitative estimate of drug-likeness (QED) is 0.233. The topological polar surface area (TPSA) is 105 Å². The molecule has 0 spiro atoms. The number of nitrogens with one attached hydrogen (secondary N) is 1. The number of unbranched alkanes of at least 4 members (excludes halogenated alkanes) is 1. The first-order chi connectivity index (χ1) is 20.0. The number of nitrogens with zero attached hydrogens (tertiary/aromatic N) is 2. The maximum Gasteiger partial charge on any atom is 0.264 e. The average molecular weight is 637 g/mol. The fourth-order valence-corrected chi connectivity index (χ4v) is 6.08. The summed E-state index contributed by atoms with van der Waals surface area (Å²) in [6, 6.07) is 16.4. The van der Waals surface area contributed by atoms with Gasteiger partial charge in [0, 0.05) is 29.2 Å². The van der Waals surface area contributed by atoms with Gasteiger partial charge in [-0.1, -0.05) is 60.8 Å². The highest BCUT2D eigenvalue weighted by Gasteiger charge is 2.33. The second-order valence-corrected chi connectivity index (χ2v) is 12.1. The van der Waals surface area contributed by atoms with E-state index in [0.29, 0.717) is 27.9 Å². The molecule has 226 valence electrons. The van der Waals surface area contributed by atoms with Crippen LogP contribution >= 0.6 is 23.2 Å². The molecule has 3 rings (SSSR count). The molecule has 0 aliphatic heterocycles. The summed E-state index contributed by atoms with van der Waals surface area (Å²) in [5.74, 6) is -0.398. The fraction of sp³-hybridized carbons (Fsp3) is 0.333. The number of carbonyl (C=O) groups excluding carboxylic acids is 2. The van der Waals surface area contributed by atoms with Gasteiger partial charge in [0.05, 0.1) is 24.8 Å². The van der Waals surface area contributed by atoms with Crippen LogP contribution in [0.4, 0.5) is 5.69 Å². The number of carbonyl (C=O) groups is 2. The molecule has 0 aliphatic rings. The van der Waals surface area contributed by atoms with E-state index in [0.717, 1.165) is 17.1 Å². The van der Waals surface area contributed by atoms with Gasteiger partial charge in [0.25, 0.3) is 10.0 Å². The number of anilines is 1. The molecule has 2 amide bonds. The molecule has 3 aromatic carbocycles. The van der Waals surface area contributed by atoms with E-state index >= 15 is 0 Å². The van der Waals surface area contributed by atoms with Gasteiger partial charge in [0.2, 0.25) is 11.8 Å². The monoisotopic (exact) mass is 635 g/mol. The summed E-state index contributed by atoms with van der Waals surface area (Å²) >= 11 is 12.5. The Hall–Kier alpha value is -3.47. The van der Waals surface area contributed by atoms with Crippen molar-refractivity contribution in [3.63, 3.8) is 0 Å². The van der Waals surface area contributed by atoms with E-state index in [-0.39, 0.29) is 28.8 Å². The van der Waals surface area contributed by atoms with E-state index in [1.807, 2.05) is 6.92 Å². The Balaban J connectivity index is 2.04. The summed E-state index contributed by atoms with van der Waals surface area (Å²) in [4.78, 5) is 28.3. The molecule has 0 saturated carbocycles. The largest absolute Gasteiger partial charge is 0.493 e. The molecule has 12 heteroatoms. The third kappa shape index (κ3) is 8.08. The van der Waals surface area contributed by atoms with Crippen molar-refractivity contribution < 1.29 is 27.5 Å². The minimum Gasteiger partial charge on any atom is -0.493 e. The molecule has 0 unspecified atom stereocenters. The van der Waals surface area contributed by atoms with Crippen LogP contribution in [0.25, 0.3) is 0 Å². The molecule has 42 heavy (non-hydrogen) atoms. The first kappa shape index (κ1) is 33.0. The summed E-state index contributed by atoms with van der Waals surface area (Å²) in [6.07, 6.45) is 1.67. The van der Waals surface area contributed by atoms with Crippen LogP contribution in [0.5, 0.6) is 11.5 Å². The highest BCUT2D eigenvalue weighted by atomic mass is 35.5. The number of amides is 2. The molecule has 0 radical (unpaired) electrons. The number of rotatable bonds is 14. The highest BCUT2D eigenvalue weighted by Crippen LogP contribution is 2.32. The summed E-state index contributed by atoms with van der Waals surface area (Å²) in [5.41, 5.74) is 0.821. The van der Waals surface area contributed by atoms with Gasteiger partial charge in [-0.15, -0.1) is 0 Å². The van der Waals surface area contributed by atoms with Crippen molar-refractivity contribution in [2.75, 3.05) is 31.6 Å². The van der Waals surface area contributed by atoms with E-state index in [1.165, 1.54) is 37.3 Å². The molecule has 0 aromatic heterocycles. The minimum absolute atomic E-state index is 0.0454. The van der Waals surface area contributed by atoms with Crippen LogP contribution in [0.3, 0.4) is 0 Å². The third-order valence-corrected chi connectivity index (χ3v) is 8.98.